The van der Waals surface area contributed by atoms with E-state index < -0.39 is 0 Å². The Hall–Kier alpha value is -2.40. The van der Waals surface area contributed by atoms with Crippen LogP contribution >= 0.6 is 0 Å². The maximum absolute atomic E-state index is 13.3. The molecule has 2 unspecified atom stereocenters. The van der Waals surface area contributed by atoms with Gasteiger partial charge in [-0.3, -0.25) is 9.69 Å². The van der Waals surface area contributed by atoms with E-state index in [0.717, 1.165) is 37.2 Å². The molecule has 3 rings (SSSR count). The maximum atomic E-state index is 13.3. The Labute approximate surface area is 205 Å². The largest absolute Gasteiger partial charge is 0.483 e. The van der Waals surface area contributed by atoms with E-state index in [-0.39, 0.29) is 30.4 Å². The SMILES string of the molecule is CCC(C)c1cccc(C(C)CC)c1OCC(=O)N1C[C@H](C)N(Cc2ccc(F)cc2)C[C@H]1C. The van der Waals surface area contributed by atoms with E-state index in [0.29, 0.717) is 18.4 Å². The summed E-state index contributed by atoms with van der Waals surface area (Å²) in [5, 5.41) is 0. The zero-order chi connectivity index (χ0) is 24.8. The lowest BCUT2D eigenvalue weighted by molar-refractivity contribution is -0.139. The summed E-state index contributed by atoms with van der Waals surface area (Å²) in [6.07, 6.45) is 2.05. The second-order valence-corrected chi connectivity index (χ2v) is 9.97. The summed E-state index contributed by atoms with van der Waals surface area (Å²) < 4.78 is 19.6. The summed E-state index contributed by atoms with van der Waals surface area (Å²) in [4.78, 5) is 17.6. The van der Waals surface area contributed by atoms with Gasteiger partial charge in [-0.2, -0.15) is 0 Å². The molecule has 1 aliphatic rings. The van der Waals surface area contributed by atoms with Crippen LogP contribution < -0.4 is 4.74 Å². The molecule has 4 nitrogen and oxygen atoms in total. The molecule has 1 fully saturated rings. The lowest BCUT2D eigenvalue weighted by Gasteiger charge is -2.44. The first-order chi connectivity index (χ1) is 16.2. The fourth-order valence-corrected chi connectivity index (χ4v) is 4.76. The Kier molecular flexibility index (Phi) is 9.12. The van der Waals surface area contributed by atoms with E-state index in [4.69, 9.17) is 4.74 Å². The van der Waals surface area contributed by atoms with E-state index in [1.54, 1.807) is 0 Å². The van der Waals surface area contributed by atoms with Gasteiger partial charge in [-0.1, -0.05) is 58.0 Å². The van der Waals surface area contributed by atoms with E-state index in [9.17, 15) is 9.18 Å². The van der Waals surface area contributed by atoms with Gasteiger partial charge in [0.25, 0.3) is 5.91 Å². The molecule has 4 atom stereocenters. The second-order valence-electron chi connectivity index (χ2n) is 9.97. The summed E-state index contributed by atoms with van der Waals surface area (Å²) in [5.41, 5.74) is 3.47. The number of para-hydroxylation sites is 1. The Balaban J connectivity index is 1.68. The van der Waals surface area contributed by atoms with Crippen LogP contribution in [0.2, 0.25) is 0 Å². The first kappa shape index (κ1) is 26.2. The van der Waals surface area contributed by atoms with Crippen molar-refractivity contribution in [2.45, 2.75) is 84.8 Å². The van der Waals surface area contributed by atoms with Gasteiger partial charge >= 0.3 is 0 Å². The van der Waals surface area contributed by atoms with Crippen molar-refractivity contribution in [1.29, 1.82) is 0 Å². The molecule has 1 saturated heterocycles. The molecule has 2 aromatic carbocycles. The zero-order valence-corrected chi connectivity index (χ0v) is 21.7. The third-order valence-electron chi connectivity index (χ3n) is 7.44. The number of piperazine rings is 1. The van der Waals surface area contributed by atoms with Gasteiger partial charge in [0.1, 0.15) is 11.6 Å². The number of hydrogen-bond acceptors (Lipinski definition) is 3. The number of benzene rings is 2. The molecule has 0 N–H and O–H groups in total. The number of ether oxygens (including phenoxy) is 1. The van der Waals surface area contributed by atoms with Crippen LogP contribution in [-0.4, -0.2) is 47.5 Å². The minimum Gasteiger partial charge on any atom is -0.483 e. The first-order valence-electron chi connectivity index (χ1n) is 12.8. The molecule has 0 bridgehead atoms. The molecule has 5 heteroatoms. The molecule has 186 valence electrons. The Morgan fingerprint density at radius 3 is 2.12 bits per heavy atom. The molecule has 1 amide bonds. The average Bonchev–Trinajstić information content (AvgIpc) is 2.84. The van der Waals surface area contributed by atoms with Gasteiger partial charge in [-0.15, -0.1) is 0 Å². The van der Waals surface area contributed by atoms with E-state index in [2.05, 4.69) is 64.6 Å². The normalized spacial score (nSPS) is 20.7. The number of nitrogens with zero attached hydrogens (tertiary/aromatic N) is 2. The lowest BCUT2D eigenvalue weighted by Crippen LogP contribution is -2.58. The zero-order valence-electron chi connectivity index (χ0n) is 21.7. The van der Waals surface area contributed by atoms with Crippen molar-refractivity contribution in [3.8, 4) is 5.75 Å². The van der Waals surface area contributed by atoms with Gasteiger partial charge in [0.15, 0.2) is 6.61 Å². The number of carbonyl (C=O) groups is 1. The number of rotatable bonds is 9. The van der Waals surface area contributed by atoms with E-state index in [1.165, 1.54) is 23.3 Å². The average molecular weight is 469 g/mol. The monoisotopic (exact) mass is 468 g/mol. The van der Waals surface area contributed by atoms with Crippen LogP contribution in [0.4, 0.5) is 4.39 Å². The predicted molar refractivity (Wildman–Crippen MR) is 137 cm³/mol. The Morgan fingerprint density at radius 2 is 1.56 bits per heavy atom. The number of halogens is 1. The van der Waals surface area contributed by atoms with Crippen molar-refractivity contribution in [2.75, 3.05) is 19.7 Å². The molecule has 1 aliphatic heterocycles. The molecule has 0 saturated carbocycles. The predicted octanol–water partition coefficient (Wildman–Crippen LogP) is 6.35. The highest BCUT2D eigenvalue weighted by atomic mass is 19.1. The Bertz CT molecular complexity index is 917. The first-order valence-corrected chi connectivity index (χ1v) is 12.8. The maximum Gasteiger partial charge on any atom is 0.260 e. The minimum atomic E-state index is -0.216. The van der Waals surface area contributed by atoms with Gasteiger partial charge in [0.05, 0.1) is 0 Å². The summed E-state index contributed by atoms with van der Waals surface area (Å²) in [6.45, 7) is 15.3. The van der Waals surface area contributed by atoms with Crippen LogP contribution in [0.25, 0.3) is 0 Å². The number of amides is 1. The van der Waals surface area contributed by atoms with Crippen molar-refractivity contribution in [3.05, 3.63) is 65.0 Å². The van der Waals surface area contributed by atoms with Crippen molar-refractivity contribution < 1.29 is 13.9 Å². The fourth-order valence-electron chi connectivity index (χ4n) is 4.76. The summed E-state index contributed by atoms with van der Waals surface area (Å²) in [5.74, 6) is 1.48. The third-order valence-corrected chi connectivity index (χ3v) is 7.44. The highest BCUT2D eigenvalue weighted by molar-refractivity contribution is 5.78. The number of carbonyl (C=O) groups excluding carboxylic acids is 1. The number of hydrogen-bond donors (Lipinski definition) is 0. The van der Waals surface area contributed by atoms with E-state index in [1.807, 2.05) is 17.0 Å². The molecule has 2 aromatic rings. The van der Waals surface area contributed by atoms with Crippen molar-refractivity contribution in [2.24, 2.45) is 0 Å². The minimum absolute atomic E-state index is 0.0369. The van der Waals surface area contributed by atoms with Crippen LogP contribution in [0.3, 0.4) is 0 Å². The Morgan fingerprint density at radius 1 is 0.971 bits per heavy atom. The van der Waals surface area contributed by atoms with Crippen molar-refractivity contribution in [3.63, 3.8) is 0 Å². The molecule has 1 heterocycles. The van der Waals surface area contributed by atoms with Crippen molar-refractivity contribution in [1.82, 2.24) is 9.80 Å². The molecule has 0 radical (unpaired) electrons. The van der Waals surface area contributed by atoms with Gasteiger partial charge in [0, 0.05) is 31.7 Å². The smallest absolute Gasteiger partial charge is 0.260 e. The third kappa shape index (κ3) is 6.18. The van der Waals surface area contributed by atoms with Gasteiger partial charge < -0.3 is 9.64 Å². The molecule has 0 spiro atoms. The summed E-state index contributed by atoms with van der Waals surface area (Å²) >= 11 is 0. The van der Waals surface area contributed by atoms with Crippen molar-refractivity contribution >= 4 is 5.91 Å². The van der Waals surface area contributed by atoms with Crippen LogP contribution in [0.5, 0.6) is 5.75 Å². The van der Waals surface area contributed by atoms with Gasteiger partial charge in [-0.05, 0) is 67.3 Å². The summed E-state index contributed by atoms with van der Waals surface area (Å²) in [6, 6.07) is 13.4. The summed E-state index contributed by atoms with van der Waals surface area (Å²) in [7, 11) is 0. The van der Waals surface area contributed by atoms with E-state index >= 15 is 0 Å². The molecule has 0 aliphatic carbocycles. The van der Waals surface area contributed by atoms with Crippen LogP contribution in [0.1, 0.15) is 82.9 Å². The molecular formula is C29H41FN2O2. The highest BCUT2D eigenvalue weighted by Gasteiger charge is 2.32. The van der Waals surface area contributed by atoms with Crippen LogP contribution in [0.15, 0.2) is 42.5 Å². The van der Waals surface area contributed by atoms with Crippen LogP contribution in [0, 0.1) is 5.82 Å². The second kappa shape index (κ2) is 11.8. The van der Waals surface area contributed by atoms with Crippen LogP contribution in [-0.2, 0) is 11.3 Å². The van der Waals surface area contributed by atoms with Gasteiger partial charge in [0.2, 0.25) is 0 Å². The highest BCUT2D eigenvalue weighted by Crippen LogP contribution is 2.37. The molecule has 0 aromatic heterocycles. The van der Waals surface area contributed by atoms with Gasteiger partial charge in [-0.25, -0.2) is 4.39 Å². The fraction of sp³-hybridized carbons (Fsp3) is 0.552. The molecule has 34 heavy (non-hydrogen) atoms. The standard InChI is InChI=1S/C29H41FN2O2/c1-7-20(3)26-10-9-11-27(21(4)8-2)29(26)34-19-28(33)32-17-22(5)31(16-23(32)6)18-24-12-14-25(30)15-13-24/h9-15,20-23H,7-8,16-19H2,1-6H3/t20?,21?,22-,23+/m0/s1. The molecular weight excluding hydrogens is 427 g/mol. The quantitative estimate of drug-likeness (QED) is 0.430. The topological polar surface area (TPSA) is 32.8 Å². The lowest BCUT2D eigenvalue weighted by atomic mass is 9.90.